The lowest BCUT2D eigenvalue weighted by atomic mass is 10.0. The standard InChI is InChI=1S/C24H28N4O2S/c1-27-10-12-28(13-11-27)15-23(19-6-3-2-4-7-19)26-24(29)20-8-5-9-22(14-20)30-16-21-17-31-18-25-21/h2-9,14,17-18,23H,10-13,15-16H2,1H3,(H,26,29). The van der Waals surface area contributed by atoms with Crippen molar-refractivity contribution in [2.75, 3.05) is 39.8 Å². The minimum Gasteiger partial charge on any atom is -0.487 e. The largest absolute Gasteiger partial charge is 0.487 e. The van der Waals surface area contributed by atoms with E-state index in [-0.39, 0.29) is 11.9 Å². The van der Waals surface area contributed by atoms with Gasteiger partial charge in [-0.25, -0.2) is 4.98 Å². The van der Waals surface area contributed by atoms with Gasteiger partial charge in [0.2, 0.25) is 0 Å². The Morgan fingerprint density at radius 2 is 1.94 bits per heavy atom. The Labute approximate surface area is 187 Å². The highest BCUT2D eigenvalue weighted by molar-refractivity contribution is 7.07. The molecule has 162 valence electrons. The number of thiazole rings is 1. The molecule has 3 aromatic rings. The second-order valence-corrected chi connectivity index (χ2v) is 8.56. The molecule has 1 aliphatic rings. The summed E-state index contributed by atoms with van der Waals surface area (Å²) >= 11 is 1.54. The van der Waals surface area contributed by atoms with Crippen molar-refractivity contribution in [3.63, 3.8) is 0 Å². The zero-order valence-electron chi connectivity index (χ0n) is 17.7. The number of carbonyl (C=O) groups excluding carboxylic acids is 1. The lowest BCUT2D eigenvalue weighted by molar-refractivity contribution is 0.0906. The molecule has 0 spiro atoms. The molecule has 2 heterocycles. The number of piperazine rings is 1. The summed E-state index contributed by atoms with van der Waals surface area (Å²) in [6, 6.07) is 17.5. The molecule has 1 saturated heterocycles. The van der Waals surface area contributed by atoms with Gasteiger partial charge in [0.1, 0.15) is 12.4 Å². The zero-order chi connectivity index (χ0) is 21.5. The van der Waals surface area contributed by atoms with Crippen LogP contribution in [0.5, 0.6) is 5.75 Å². The summed E-state index contributed by atoms with van der Waals surface area (Å²) in [4.78, 5) is 22.1. The third-order valence-corrected chi connectivity index (χ3v) is 6.15. The van der Waals surface area contributed by atoms with Gasteiger partial charge in [-0.2, -0.15) is 0 Å². The van der Waals surface area contributed by atoms with Crippen molar-refractivity contribution in [3.8, 4) is 5.75 Å². The fourth-order valence-electron chi connectivity index (χ4n) is 3.64. The molecule has 1 N–H and O–H groups in total. The van der Waals surface area contributed by atoms with Gasteiger partial charge in [-0.3, -0.25) is 9.69 Å². The molecule has 1 amide bonds. The van der Waals surface area contributed by atoms with Crippen molar-refractivity contribution in [1.82, 2.24) is 20.1 Å². The smallest absolute Gasteiger partial charge is 0.251 e. The highest BCUT2D eigenvalue weighted by Gasteiger charge is 2.22. The average molecular weight is 437 g/mol. The van der Waals surface area contributed by atoms with E-state index >= 15 is 0 Å². The number of rotatable bonds is 8. The Bertz CT molecular complexity index is 957. The molecule has 2 aromatic carbocycles. The summed E-state index contributed by atoms with van der Waals surface area (Å²) in [5.41, 5.74) is 4.38. The monoisotopic (exact) mass is 436 g/mol. The lowest BCUT2D eigenvalue weighted by Gasteiger charge is -2.35. The average Bonchev–Trinajstić information content (AvgIpc) is 3.33. The maximum Gasteiger partial charge on any atom is 0.251 e. The van der Waals surface area contributed by atoms with Crippen LogP contribution in [0.2, 0.25) is 0 Å². The molecule has 0 aliphatic carbocycles. The van der Waals surface area contributed by atoms with E-state index in [1.165, 1.54) is 11.3 Å². The summed E-state index contributed by atoms with van der Waals surface area (Å²) < 4.78 is 5.81. The second kappa shape index (κ2) is 10.5. The summed E-state index contributed by atoms with van der Waals surface area (Å²) in [6.07, 6.45) is 0. The predicted molar refractivity (Wildman–Crippen MR) is 123 cm³/mol. The molecule has 0 radical (unpaired) electrons. The third-order valence-electron chi connectivity index (χ3n) is 5.51. The quantitative estimate of drug-likeness (QED) is 0.586. The molecule has 6 nitrogen and oxygen atoms in total. The van der Waals surface area contributed by atoms with Gasteiger partial charge >= 0.3 is 0 Å². The molecule has 31 heavy (non-hydrogen) atoms. The number of nitrogens with one attached hydrogen (secondary N) is 1. The third kappa shape index (κ3) is 6.13. The molecule has 1 fully saturated rings. The van der Waals surface area contributed by atoms with E-state index in [4.69, 9.17) is 4.74 Å². The van der Waals surface area contributed by atoms with Crippen molar-refractivity contribution in [3.05, 3.63) is 82.3 Å². The SMILES string of the molecule is CN1CCN(CC(NC(=O)c2cccc(OCc3cscn3)c2)c2ccccc2)CC1. The summed E-state index contributed by atoms with van der Waals surface area (Å²) in [5.74, 6) is 0.568. The Morgan fingerprint density at radius 3 is 2.68 bits per heavy atom. The van der Waals surface area contributed by atoms with Gasteiger partial charge in [0.15, 0.2) is 0 Å². The Kier molecular flexibility index (Phi) is 7.30. The number of ether oxygens (including phenoxy) is 1. The predicted octanol–water partition coefficient (Wildman–Crippen LogP) is 3.44. The second-order valence-electron chi connectivity index (χ2n) is 7.84. The van der Waals surface area contributed by atoms with Crippen LogP contribution in [0.4, 0.5) is 0 Å². The number of hydrogen-bond donors (Lipinski definition) is 1. The Balaban J connectivity index is 1.43. The lowest BCUT2D eigenvalue weighted by Crippen LogP contribution is -2.47. The molecule has 1 aromatic heterocycles. The van der Waals surface area contributed by atoms with E-state index in [2.05, 4.69) is 39.3 Å². The molecular formula is C24H28N4O2S. The highest BCUT2D eigenvalue weighted by Crippen LogP contribution is 2.19. The fourth-order valence-corrected chi connectivity index (χ4v) is 4.19. The van der Waals surface area contributed by atoms with Crippen molar-refractivity contribution in [1.29, 1.82) is 0 Å². The first-order valence-corrected chi connectivity index (χ1v) is 11.5. The fraction of sp³-hybridized carbons (Fsp3) is 0.333. The van der Waals surface area contributed by atoms with Crippen LogP contribution in [0.25, 0.3) is 0 Å². The molecule has 1 unspecified atom stereocenters. The Morgan fingerprint density at radius 1 is 1.13 bits per heavy atom. The summed E-state index contributed by atoms with van der Waals surface area (Å²) in [6.45, 7) is 5.31. The van der Waals surface area contributed by atoms with E-state index in [0.29, 0.717) is 17.9 Å². The molecule has 0 saturated carbocycles. The first-order valence-electron chi connectivity index (χ1n) is 10.5. The normalized spacial score (nSPS) is 16.0. The molecule has 1 atom stereocenters. The van der Waals surface area contributed by atoms with Crippen LogP contribution in [-0.4, -0.2) is 60.5 Å². The van der Waals surface area contributed by atoms with Crippen molar-refractivity contribution >= 4 is 17.2 Å². The number of amides is 1. The molecule has 4 rings (SSSR count). The van der Waals surface area contributed by atoms with Crippen LogP contribution in [0.15, 0.2) is 65.5 Å². The number of carbonyl (C=O) groups is 1. The maximum absolute atomic E-state index is 13.1. The zero-order valence-corrected chi connectivity index (χ0v) is 18.6. The Hall–Kier alpha value is -2.74. The highest BCUT2D eigenvalue weighted by atomic mass is 32.1. The maximum atomic E-state index is 13.1. The van der Waals surface area contributed by atoms with Crippen molar-refractivity contribution in [2.24, 2.45) is 0 Å². The first kappa shape index (κ1) is 21.5. The first-order chi connectivity index (χ1) is 15.2. The van der Waals surface area contributed by atoms with Crippen LogP contribution in [0.1, 0.15) is 27.7 Å². The van der Waals surface area contributed by atoms with Gasteiger partial charge in [0.05, 0.1) is 17.2 Å². The van der Waals surface area contributed by atoms with E-state index in [9.17, 15) is 4.79 Å². The minimum absolute atomic E-state index is 0.0725. The van der Waals surface area contributed by atoms with Gasteiger partial charge in [0.25, 0.3) is 5.91 Å². The van der Waals surface area contributed by atoms with Crippen LogP contribution < -0.4 is 10.1 Å². The van der Waals surface area contributed by atoms with Crippen LogP contribution in [-0.2, 0) is 6.61 Å². The number of likely N-dealkylation sites (N-methyl/N-ethyl adjacent to an activating group) is 1. The number of benzene rings is 2. The number of aromatic nitrogens is 1. The van der Waals surface area contributed by atoms with Crippen molar-refractivity contribution in [2.45, 2.75) is 12.6 Å². The van der Waals surface area contributed by atoms with E-state index in [1.54, 1.807) is 11.6 Å². The summed E-state index contributed by atoms with van der Waals surface area (Å²) in [5, 5.41) is 5.20. The van der Waals surface area contributed by atoms with Crippen LogP contribution >= 0.6 is 11.3 Å². The van der Waals surface area contributed by atoms with E-state index < -0.39 is 0 Å². The van der Waals surface area contributed by atoms with Gasteiger partial charge in [-0.1, -0.05) is 36.4 Å². The van der Waals surface area contributed by atoms with Crippen LogP contribution in [0, 0.1) is 0 Å². The van der Waals surface area contributed by atoms with Crippen molar-refractivity contribution < 1.29 is 9.53 Å². The minimum atomic E-state index is -0.0953. The van der Waals surface area contributed by atoms with Gasteiger partial charge in [0, 0.05) is 43.7 Å². The van der Waals surface area contributed by atoms with E-state index in [1.807, 2.05) is 41.8 Å². The molecular weight excluding hydrogens is 408 g/mol. The number of hydrogen-bond acceptors (Lipinski definition) is 6. The van der Waals surface area contributed by atoms with Crippen LogP contribution in [0.3, 0.4) is 0 Å². The van der Waals surface area contributed by atoms with Gasteiger partial charge < -0.3 is 15.0 Å². The molecule has 1 aliphatic heterocycles. The van der Waals surface area contributed by atoms with E-state index in [0.717, 1.165) is 44.0 Å². The molecule has 7 heteroatoms. The molecule has 0 bridgehead atoms. The summed E-state index contributed by atoms with van der Waals surface area (Å²) in [7, 11) is 2.15. The number of nitrogens with zero attached hydrogens (tertiary/aromatic N) is 3. The van der Waals surface area contributed by atoms with Gasteiger partial charge in [-0.05, 0) is 30.8 Å². The van der Waals surface area contributed by atoms with Gasteiger partial charge in [-0.15, -0.1) is 11.3 Å². The topological polar surface area (TPSA) is 57.7 Å².